The molecule has 1 unspecified atom stereocenters. The van der Waals surface area contributed by atoms with E-state index < -0.39 is 6.10 Å². The zero-order valence-corrected chi connectivity index (χ0v) is 20.3. The van der Waals surface area contributed by atoms with E-state index in [1.165, 1.54) is 7.11 Å². The molecule has 1 aliphatic rings. The van der Waals surface area contributed by atoms with Crippen LogP contribution in [0.4, 0.5) is 5.69 Å². The van der Waals surface area contributed by atoms with Crippen molar-refractivity contribution in [3.8, 4) is 0 Å². The number of nitrogens with zero attached hydrogens (tertiary/aromatic N) is 3. The van der Waals surface area contributed by atoms with Gasteiger partial charge in [-0.15, -0.1) is 0 Å². The van der Waals surface area contributed by atoms with Gasteiger partial charge in [0.25, 0.3) is 0 Å². The van der Waals surface area contributed by atoms with Crippen LogP contribution in [-0.4, -0.2) is 53.9 Å². The molecule has 0 fully saturated rings. The summed E-state index contributed by atoms with van der Waals surface area (Å²) in [5.74, 6) is 0.579. The molecule has 0 aliphatic carbocycles. The van der Waals surface area contributed by atoms with Crippen molar-refractivity contribution < 1.29 is 14.6 Å². The number of aliphatic hydroxyl groups is 1. The second-order valence-electron chi connectivity index (χ2n) is 6.26. The molecular formula is C23H31BrN4O3. The first-order chi connectivity index (χ1) is 14.9. The number of carbonyl (C=O) groups excluding carboxylic acids is 1. The molecule has 2 aromatic rings. The van der Waals surface area contributed by atoms with Crippen molar-refractivity contribution in [3.05, 3.63) is 58.3 Å². The molecular weight excluding hydrogens is 460 g/mol. The molecule has 8 heteroatoms. The number of esters is 1. The minimum atomic E-state index is -0.476. The summed E-state index contributed by atoms with van der Waals surface area (Å²) in [4.78, 5) is 23.5. The Balaban J connectivity index is 0.000000521. The first-order valence-corrected chi connectivity index (χ1v) is 11.0. The number of aliphatic hydroxyl groups excluding tert-OH is 1. The minimum absolute atomic E-state index is 0.157. The number of benzodiazepines with no additional fused rings is 1. The van der Waals surface area contributed by atoms with Crippen LogP contribution in [0.2, 0.25) is 0 Å². The summed E-state index contributed by atoms with van der Waals surface area (Å²) in [7, 11) is 1.38. The Hall–Kier alpha value is -2.58. The number of aliphatic imine (C=N–C) groups is 2. The van der Waals surface area contributed by atoms with E-state index >= 15 is 0 Å². The second kappa shape index (κ2) is 14.4. The number of hydrogen-bond donors (Lipinski definition) is 2. The van der Waals surface area contributed by atoms with E-state index in [0.29, 0.717) is 19.5 Å². The highest BCUT2D eigenvalue weighted by molar-refractivity contribution is 9.10. The van der Waals surface area contributed by atoms with E-state index in [1.807, 2.05) is 50.2 Å². The first-order valence-electron chi connectivity index (χ1n) is 10.3. The fourth-order valence-electron chi connectivity index (χ4n) is 2.45. The number of ether oxygens (including phenoxy) is 1. The van der Waals surface area contributed by atoms with E-state index in [9.17, 15) is 9.90 Å². The lowest BCUT2D eigenvalue weighted by molar-refractivity contribution is -0.140. The molecule has 1 aliphatic heterocycles. The van der Waals surface area contributed by atoms with Gasteiger partial charge in [0.2, 0.25) is 0 Å². The van der Waals surface area contributed by atoms with E-state index in [1.54, 1.807) is 20.0 Å². The van der Waals surface area contributed by atoms with Gasteiger partial charge in [0.15, 0.2) is 0 Å². The van der Waals surface area contributed by atoms with Crippen molar-refractivity contribution in [1.82, 2.24) is 4.98 Å². The van der Waals surface area contributed by atoms with Crippen LogP contribution in [0, 0.1) is 0 Å². The summed E-state index contributed by atoms with van der Waals surface area (Å²) >= 11 is 3.51. The Bertz CT molecular complexity index is 878. The summed E-state index contributed by atoms with van der Waals surface area (Å²) in [5.41, 5.74) is 3.56. The highest BCUT2D eigenvalue weighted by Crippen LogP contribution is 2.25. The Kier molecular flexibility index (Phi) is 12.3. The number of carbonyl (C=O) groups is 1. The highest BCUT2D eigenvalue weighted by atomic mass is 79.9. The molecule has 2 heterocycles. The smallest absolute Gasteiger partial charge is 0.305 e. The normalized spacial score (nSPS) is 14.3. The van der Waals surface area contributed by atoms with Gasteiger partial charge in [0.1, 0.15) is 5.84 Å². The lowest BCUT2D eigenvalue weighted by Crippen LogP contribution is -2.17. The number of nitrogens with one attached hydrogen (secondary N) is 1. The van der Waals surface area contributed by atoms with Crippen LogP contribution < -0.4 is 5.32 Å². The van der Waals surface area contributed by atoms with Gasteiger partial charge in [-0.2, -0.15) is 0 Å². The number of rotatable bonds is 4. The quantitative estimate of drug-likeness (QED) is 0.615. The van der Waals surface area contributed by atoms with Crippen LogP contribution in [0.5, 0.6) is 0 Å². The van der Waals surface area contributed by atoms with Crippen LogP contribution in [0.15, 0.2) is 57.1 Å². The van der Waals surface area contributed by atoms with Crippen LogP contribution in [-0.2, 0) is 9.53 Å². The number of anilines is 1. The lowest BCUT2D eigenvalue weighted by atomic mass is 10.0. The van der Waals surface area contributed by atoms with E-state index in [2.05, 4.69) is 36.0 Å². The Morgan fingerprint density at radius 2 is 2.06 bits per heavy atom. The van der Waals surface area contributed by atoms with Crippen molar-refractivity contribution in [2.75, 3.05) is 25.5 Å². The third-order valence-electron chi connectivity index (χ3n) is 3.87. The van der Waals surface area contributed by atoms with Crippen molar-refractivity contribution in [1.29, 1.82) is 0 Å². The molecule has 0 amide bonds. The third kappa shape index (κ3) is 8.98. The Labute approximate surface area is 192 Å². The Morgan fingerprint density at radius 1 is 1.32 bits per heavy atom. The molecule has 1 atom stereocenters. The summed E-state index contributed by atoms with van der Waals surface area (Å²) in [6, 6.07) is 11.8. The van der Waals surface area contributed by atoms with E-state index in [-0.39, 0.29) is 5.97 Å². The number of hydrogen-bond acceptors (Lipinski definition) is 6. The van der Waals surface area contributed by atoms with E-state index in [0.717, 1.165) is 33.0 Å². The number of amidine groups is 1. The monoisotopic (exact) mass is 490 g/mol. The maximum Gasteiger partial charge on any atom is 0.305 e. The molecule has 0 saturated carbocycles. The number of pyridine rings is 1. The topological polar surface area (TPSA) is 96.2 Å². The van der Waals surface area contributed by atoms with Crippen molar-refractivity contribution in [3.63, 3.8) is 0 Å². The SMILES string of the molecule is CC.CC(O)CN=C1CN=C(c2ccccn2)c2cc(Br)ccc2N1.CCC(=O)OC. The Morgan fingerprint density at radius 3 is 2.61 bits per heavy atom. The lowest BCUT2D eigenvalue weighted by Gasteiger charge is -2.11. The summed E-state index contributed by atoms with van der Waals surface area (Å²) < 4.78 is 5.24. The molecule has 0 bridgehead atoms. The molecule has 168 valence electrons. The molecule has 0 spiro atoms. The van der Waals surface area contributed by atoms with Gasteiger partial charge in [-0.1, -0.05) is 42.8 Å². The van der Waals surface area contributed by atoms with Crippen LogP contribution in [0.1, 0.15) is 45.4 Å². The maximum absolute atomic E-state index is 9.96. The van der Waals surface area contributed by atoms with Crippen molar-refractivity contribution in [2.24, 2.45) is 9.98 Å². The largest absolute Gasteiger partial charge is 0.469 e. The molecule has 2 N–H and O–H groups in total. The molecule has 0 radical (unpaired) electrons. The van der Waals surface area contributed by atoms with Crippen molar-refractivity contribution >= 4 is 39.1 Å². The summed E-state index contributed by atoms with van der Waals surface area (Å²) in [6.07, 6.45) is 1.75. The molecule has 0 saturated heterocycles. The van der Waals surface area contributed by atoms with Crippen molar-refractivity contribution in [2.45, 2.75) is 40.2 Å². The van der Waals surface area contributed by atoms with Gasteiger partial charge < -0.3 is 15.2 Å². The number of methoxy groups -OCH3 is 1. The second-order valence-corrected chi connectivity index (χ2v) is 7.18. The standard InChI is InChI=1S/C17H17BrN4O.C4H8O2.C2H6/c1-11(23)9-20-16-10-21-17(15-4-2-3-7-19-15)13-8-12(18)5-6-14(13)22-16;1-3-4(5)6-2;1-2/h2-8,11,23H,9-10H2,1H3,(H,20,22);3H2,1-2H3;1-2H3. The average molecular weight is 491 g/mol. The van der Waals surface area contributed by atoms with Gasteiger partial charge >= 0.3 is 5.97 Å². The van der Waals surface area contributed by atoms with Gasteiger partial charge in [-0.25, -0.2) is 0 Å². The van der Waals surface area contributed by atoms with Gasteiger partial charge in [0.05, 0.1) is 37.7 Å². The predicted octanol–water partition coefficient (Wildman–Crippen LogP) is 4.48. The van der Waals surface area contributed by atoms with Gasteiger partial charge in [0, 0.05) is 28.3 Å². The summed E-state index contributed by atoms with van der Waals surface area (Å²) in [5, 5.41) is 12.7. The van der Waals surface area contributed by atoms with Crippen LogP contribution in [0.25, 0.3) is 0 Å². The number of benzene rings is 1. The molecule has 31 heavy (non-hydrogen) atoms. The fraction of sp³-hybridized carbons (Fsp3) is 0.391. The zero-order valence-electron chi connectivity index (χ0n) is 18.7. The predicted molar refractivity (Wildman–Crippen MR) is 130 cm³/mol. The third-order valence-corrected chi connectivity index (χ3v) is 4.37. The van der Waals surface area contributed by atoms with E-state index in [4.69, 9.17) is 4.99 Å². The molecule has 7 nitrogen and oxygen atoms in total. The molecule has 3 rings (SSSR count). The first kappa shape index (κ1) is 26.5. The minimum Gasteiger partial charge on any atom is -0.469 e. The highest BCUT2D eigenvalue weighted by Gasteiger charge is 2.18. The fourth-order valence-corrected chi connectivity index (χ4v) is 2.81. The number of aromatic nitrogens is 1. The number of halogens is 1. The zero-order chi connectivity index (χ0) is 23.2. The number of fused-ring (bicyclic) bond motifs is 1. The maximum atomic E-state index is 9.96. The average Bonchev–Trinajstić information content (AvgIpc) is 2.98. The van der Waals surface area contributed by atoms with Crippen LogP contribution >= 0.6 is 15.9 Å². The van der Waals surface area contributed by atoms with Crippen LogP contribution in [0.3, 0.4) is 0 Å². The molecule has 1 aromatic carbocycles. The summed E-state index contributed by atoms with van der Waals surface area (Å²) in [6.45, 7) is 8.24. The van der Waals surface area contributed by atoms with Gasteiger partial charge in [-0.3, -0.25) is 19.8 Å². The molecule has 1 aromatic heterocycles. The van der Waals surface area contributed by atoms with Gasteiger partial charge in [-0.05, 0) is 37.3 Å².